The number of hydrogen-bond acceptors (Lipinski definition) is 5. The summed E-state index contributed by atoms with van der Waals surface area (Å²) in [6.45, 7) is 4.78. The van der Waals surface area contributed by atoms with Gasteiger partial charge in [-0.25, -0.2) is 0 Å². The van der Waals surface area contributed by atoms with Crippen LogP contribution in [0.15, 0.2) is 24.3 Å². The summed E-state index contributed by atoms with van der Waals surface area (Å²) in [4.78, 5) is 26.7. The number of morpholine rings is 1. The molecule has 26 heavy (non-hydrogen) atoms. The van der Waals surface area contributed by atoms with Gasteiger partial charge in [0.15, 0.2) is 0 Å². The predicted molar refractivity (Wildman–Crippen MR) is 100.0 cm³/mol. The molecule has 7 nitrogen and oxygen atoms in total. The Morgan fingerprint density at radius 1 is 1.15 bits per heavy atom. The normalized spacial score (nSPS) is 23.6. The zero-order valence-corrected chi connectivity index (χ0v) is 15.1. The molecule has 2 atom stereocenters. The highest BCUT2D eigenvalue weighted by Crippen LogP contribution is 2.25. The van der Waals surface area contributed by atoms with Crippen molar-refractivity contribution in [2.45, 2.75) is 25.3 Å². The maximum Gasteiger partial charge on any atom is 0.251 e. The third-order valence-electron chi connectivity index (χ3n) is 5.08. The Balaban J connectivity index is 1.42. The maximum atomic E-state index is 12.2. The monoisotopic (exact) mass is 360 g/mol. The summed E-state index contributed by atoms with van der Waals surface area (Å²) in [6.07, 6.45) is 2.49. The van der Waals surface area contributed by atoms with Gasteiger partial charge in [0.1, 0.15) is 0 Å². The molecule has 2 amide bonds. The molecule has 1 aromatic carbocycles. The number of nitrogens with two attached hydrogens (primary N) is 1. The number of ether oxygens (including phenoxy) is 1. The van der Waals surface area contributed by atoms with Crippen LogP contribution in [0, 0.1) is 5.92 Å². The SMILES string of the molecule is NC1CCC(C(=O)Nc2ccc(C(=O)NCCN3CCOCC3)cc2)C1. The molecule has 1 aliphatic carbocycles. The molecule has 0 aromatic heterocycles. The van der Waals surface area contributed by atoms with E-state index in [0.717, 1.165) is 52.1 Å². The maximum absolute atomic E-state index is 12.2. The lowest BCUT2D eigenvalue weighted by molar-refractivity contribution is -0.119. The number of hydrogen-bond donors (Lipinski definition) is 3. The second kappa shape index (κ2) is 9.12. The molecule has 4 N–H and O–H groups in total. The Morgan fingerprint density at radius 2 is 1.88 bits per heavy atom. The number of carbonyl (C=O) groups excluding carboxylic acids is 2. The molecule has 142 valence electrons. The third-order valence-corrected chi connectivity index (χ3v) is 5.08. The van der Waals surface area contributed by atoms with Crippen LogP contribution in [0.5, 0.6) is 0 Å². The summed E-state index contributed by atoms with van der Waals surface area (Å²) >= 11 is 0. The third kappa shape index (κ3) is 5.27. The lowest BCUT2D eigenvalue weighted by Crippen LogP contribution is -2.41. The second-order valence-electron chi connectivity index (χ2n) is 7.05. The van der Waals surface area contributed by atoms with E-state index < -0.39 is 0 Å². The summed E-state index contributed by atoms with van der Waals surface area (Å²) < 4.78 is 5.31. The minimum Gasteiger partial charge on any atom is -0.379 e. The molecule has 1 heterocycles. The van der Waals surface area contributed by atoms with Crippen LogP contribution < -0.4 is 16.4 Å². The fourth-order valence-corrected chi connectivity index (χ4v) is 3.46. The molecule has 0 bridgehead atoms. The van der Waals surface area contributed by atoms with E-state index in [1.807, 2.05) is 0 Å². The molecule has 1 saturated carbocycles. The summed E-state index contributed by atoms with van der Waals surface area (Å²) in [6, 6.07) is 7.14. The average Bonchev–Trinajstić information content (AvgIpc) is 3.10. The van der Waals surface area contributed by atoms with Gasteiger partial charge in [-0.3, -0.25) is 14.5 Å². The van der Waals surface area contributed by atoms with Gasteiger partial charge in [-0.05, 0) is 43.5 Å². The van der Waals surface area contributed by atoms with Gasteiger partial charge in [0.05, 0.1) is 13.2 Å². The van der Waals surface area contributed by atoms with Gasteiger partial charge >= 0.3 is 0 Å². The first-order valence-corrected chi connectivity index (χ1v) is 9.36. The summed E-state index contributed by atoms with van der Waals surface area (Å²) in [5.41, 5.74) is 7.16. The Kier molecular flexibility index (Phi) is 6.60. The molecular formula is C19H28N4O3. The van der Waals surface area contributed by atoms with Crippen LogP contribution in [0.2, 0.25) is 0 Å². The molecule has 1 aliphatic heterocycles. The quantitative estimate of drug-likeness (QED) is 0.698. The van der Waals surface area contributed by atoms with E-state index in [1.54, 1.807) is 24.3 Å². The highest BCUT2D eigenvalue weighted by Gasteiger charge is 2.27. The zero-order valence-electron chi connectivity index (χ0n) is 15.1. The highest BCUT2D eigenvalue weighted by atomic mass is 16.5. The van der Waals surface area contributed by atoms with Crippen molar-refractivity contribution >= 4 is 17.5 Å². The van der Waals surface area contributed by atoms with Crippen LogP contribution in [0.1, 0.15) is 29.6 Å². The van der Waals surface area contributed by atoms with E-state index in [1.165, 1.54) is 0 Å². The van der Waals surface area contributed by atoms with Gasteiger partial charge in [-0.15, -0.1) is 0 Å². The van der Waals surface area contributed by atoms with Crippen LogP contribution in [-0.2, 0) is 9.53 Å². The van der Waals surface area contributed by atoms with Crippen LogP contribution in [0.3, 0.4) is 0 Å². The molecule has 0 spiro atoms. The molecule has 2 aliphatic rings. The number of nitrogens with zero attached hydrogens (tertiary/aromatic N) is 1. The summed E-state index contributed by atoms with van der Waals surface area (Å²) in [5, 5.41) is 5.85. The lowest BCUT2D eigenvalue weighted by Gasteiger charge is -2.26. The van der Waals surface area contributed by atoms with Gasteiger partial charge in [-0.1, -0.05) is 0 Å². The molecule has 2 unspecified atom stereocenters. The van der Waals surface area contributed by atoms with Crippen molar-refractivity contribution in [2.75, 3.05) is 44.7 Å². The Labute approximate surface area is 154 Å². The second-order valence-corrected chi connectivity index (χ2v) is 7.05. The van der Waals surface area contributed by atoms with Gasteiger partial charge in [0.2, 0.25) is 5.91 Å². The fourth-order valence-electron chi connectivity index (χ4n) is 3.46. The summed E-state index contributed by atoms with van der Waals surface area (Å²) in [5.74, 6) is -0.0910. The number of rotatable bonds is 6. The largest absolute Gasteiger partial charge is 0.379 e. The standard InChI is InChI=1S/C19H28N4O3/c20-16-4-1-15(13-16)19(25)22-17-5-2-14(3-6-17)18(24)21-7-8-23-9-11-26-12-10-23/h2-3,5-6,15-16H,1,4,7-13,20H2,(H,21,24)(H,22,25). The van der Waals surface area contributed by atoms with E-state index in [2.05, 4.69) is 15.5 Å². The predicted octanol–water partition coefficient (Wildman–Crippen LogP) is 0.814. The Morgan fingerprint density at radius 3 is 2.54 bits per heavy atom. The zero-order chi connectivity index (χ0) is 18.4. The van der Waals surface area contributed by atoms with Gasteiger partial charge in [0.25, 0.3) is 5.91 Å². The molecule has 1 saturated heterocycles. The van der Waals surface area contributed by atoms with E-state index in [4.69, 9.17) is 10.5 Å². The van der Waals surface area contributed by atoms with Crippen molar-refractivity contribution in [1.29, 1.82) is 0 Å². The van der Waals surface area contributed by atoms with Gasteiger partial charge in [0, 0.05) is 49.4 Å². The number of nitrogens with one attached hydrogen (secondary N) is 2. The fraction of sp³-hybridized carbons (Fsp3) is 0.579. The van der Waals surface area contributed by atoms with E-state index in [0.29, 0.717) is 17.8 Å². The van der Waals surface area contributed by atoms with Crippen LogP contribution in [-0.4, -0.2) is 62.1 Å². The van der Waals surface area contributed by atoms with E-state index >= 15 is 0 Å². The first kappa shape index (κ1) is 18.8. The van der Waals surface area contributed by atoms with Gasteiger partial charge < -0.3 is 21.1 Å². The van der Waals surface area contributed by atoms with Crippen molar-refractivity contribution < 1.29 is 14.3 Å². The molecule has 3 rings (SSSR count). The van der Waals surface area contributed by atoms with Gasteiger partial charge in [-0.2, -0.15) is 0 Å². The van der Waals surface area contributed by atoms with Crippen molar-refractivity contribution in [2.24, 2.45) is 11.7 Å². The number of carbonyl (C=O) groups is 2. The van der Waals surface area contributed by atoms with Crippen molar-refractivity contribution in [3.63, 3.8) is 0 Å². The van der Waals surface area contributed by atoms with Crippen molar-refractivity contribution in [3.05, 3.63) is 29.8 Å². The first-order valence-electron chi connectivity index (χ1n) is 9.36. The van der Waals surface area contributed by atoms with Crippen molar-refractivity contribution in [1.82, 2.24) is 10.2 Å². The van der Waals surface area contributed by atoms with E-state index in [-0.39, 0.29) is 23.8 Å². The minimum absolute atomic E-state index is 0.00633. The van der Waals surface area contributed by atoms with Crippen LogP contribution in [0.25, 0.3) is 0 Å². The molecule has 0 radical (unpaired) electrons. The number of benzene rings is 1. The first-order chi connectivity index (χ1) is 12.6. The molecular weight excluding hydrogens is 332 g/mol. The average molecular weight is 360 g/mol. The number of anilines is 1. The lowest BCUT2D eigenvalue weighted by atomic mass is 10.1. The smallest absolute Gasteiger partial charge is 0.251 e. The molecule has 2 fully saturated rings. The van der Waals surface area contributed by atoms with Crippen LogP contribution in [0.4, 0.5) is 5.69 Å². The molecule has 1 aromatic rings. The topological polar surface area (TPSA) is 96.7 Å². The Hall–Kier alpha value is -1.96. The molecule has 7 heteroatoms. The van der Waals surface area contributed by atoms with E-state index in [9.17, 15) is 9.59 Å². The number of amides is 2. The van der Waals surface area contributed by atoms with Crippen LogP contribution >= 0.6 is 0 Å². The highest BCUT2D eigenvalue weighted by molar-refractivity contribution is 5.96. The minimum atomic E-state index is -0.0992. The Bertz CT molecular complexity index is 614. The van der Waals surface area contributed by atoms with Crippen molar-refractivity contribution in [3.8, 4) is 0 Å². The summed E-state index contributed by atoms with van der Waals surface area (Å²) in [7, 11) is 0.